The van der Waals surface area contributed by atoms with Crippen molar-refractivity contribution < 1.29 is 9.84 Å². The van der Waals surface area contributed by atoms with Crippen LogP contribution in [0.4, 0.5) is 0 Å². The SMILES string of the molecule is BC1(B)OC(N)=N[C@]12c1cc(C#CC(C)C)ccc1C[C@@]21CC[C@H](O)[C@@H](C)C1. The van der Waals surface area contributed by atoms with Gasteiger partial charge < -0.3 is 15.6 Å². The van der Waals surface area contributed by atoms with E-state index in [1.165, 1.54) is 11.1 Å². The van der Waals surface area contributed by atoms with Gasteiger partial charge in [-0.3, -0.25) is 0 Å². The van der Waals surface area contributed by atoms with Crippen LogP contribution in [0.5, 0.6) is 0 Å². The molecule has 28 heavy (non-hydrogen) atoms. The number of ether oxygens (including phenoxy) is 1. The molecule has 4 rings (SSSR count). The van der Waals surface area contributed by atoms with Crippen molar-refractivity contribution in [3.8, 4) is 11.8 Å². The summed E-state index contributed by atoms with van der Waals surface area (Å²) in [5.74, 6) is 7.14. The lowest BCUT2D eigenvalue weighted by molar-refractivity contribution is -0.0406. The predicted molar refractivity (Wildman–Crippen MR) is 118 cm³/mol. The number of aliphatic hydroxyl groups excluding tert-OH is 1. The highest BCUT2D eigenvalue weighted by atomic mass is 16.5. The Balaban J connectivity index is 1.91. The van der Waals surface area contributed by atoms with E-state index in [0.717, 1.165) is 31.2 Å². The maximum absolute atomic E-state index is 10.4. The number of hydrogen-bond donors (Lipinski definition) is 2. The summed E-state index contributed by atoms with van der Waals surface area (Å²) in [5, 5.41) is 9.86. The van der Waals surface area contributed by atoms with Crippen LogP contribution in [0.3, 0.4) is 0 Å². The molecule has 1 heterocycles. The Bertz CT molecular complexity index is 902. The van der Waals surface area contributed by atoms with Gasteiger partial charge in [0.05, 0.1) is 11.5 Å². The summed E-state index contributed by atoms with van der Waals surface area (Å²) in [6.45, 7) is 6.35. The van der Waals surface area contributed by atoms with E-state index >= 15 is 0 Å². The normalized spacial score (nSPS) is 35.4. The molecule has 0 amide bonds. The summed E-state index contributed by atoms with van der Waals surface area (Å²) in [4.78, 5) is 5.03. The van der Waals surface area contributed by atoms with Gasteiger partial charge in [0.25, 0.3) is 6.02 Å². The maximum Gasteiger partial charge on any atom is 0.282 e. The van der Waals surface area contributed by atoms with Crippen LogP contribution in [0.2, 0.25) is 0 Å². The Hall–Kier alpha value is -1.86. The van der Waals surface area contributed by atoms with Crippen molar-refractivity contribution in [1.29, 1.82) is 0 Å². The van der Waals surface area contributed by atoms with Gasteiger partial charge in [-0.05, 0) is 54.9 Å². The Kier molecular flexibility index (Phi) is 4.39. The molecule has 146 valence electrons. The van der Waals surface area contributed by atoms with Gasteiger partial charge >= 0.3 is 0 Å². The highest BCUT2D eigenvalue weighted by Crippen LogP contribution is 2.65. The highest BCUT2D eigenvalue weighted by Gasteiger charge is 2.68. The zero-order valence-electron chi connectivity index (χ0n) is 17.7. The maximum atomic E-state index is 10.4. The van der Waals surface area contributed by atoms with E-state index in [4.69, 9.17) is 15.5 Å². The van der Waals surface area contributed by atoms with Crippen LogP contribution in [0, 0.1) is 29.1 Å². The number of nitrogens with zero attached hydrogens (tertiary/aromatic N) is 1. The molecule has 3 aliphatic rings. The lowest BCUT2D eigenvalue weighted by Gasteiger charge is -2.52. The Morgan fingerprint density at radius 3 is 2.71 bits per heavy atom. The van der Waals surface area contributed by atoms with Gasteiger partial charge in [0.2, 0.25) is 0 Å². The monoisotopic (exact) mass is 376 g/mol. The molecule has 1 aromatic carbocycles. The third-order valence-corrected chi connectivity index (χ3v) is 7.10. The fourth-order valence-corrected chi connectivity index (χ4v) is 6.00. The van der Waals surface area contributed by atoms with Gasteiger partial charge in [-0.1, -0.05) is 38.7 Å². The average Bonchev–Trinajstić information content (AvgIpc) is 3.01. The molecule has 4 nitrogen and oxygen atoms in total. The number of aliphatic imine (C=N–C) groups is 1. The standard InChI is InChI=1S/C22H30B2N2O2/c1-13(2)4-5-15-6-7-16-12-20(9-8-18(27)14(3)11-20)21(17(16)10-15)22(23,24)28-19(25)26-21/h6-7,10,13-14,18,27H,8-9,11-12,23-24H2,1-3H3,(H2,25,26)/t14-,18-,20-,21-/m0/s1. The molecule has 1 fully saturated rings. The first-order chi connectivity index (χ1) is 13.1. The van der Waals surface area contributed by atoms with E-state index in [1.54, 1.807) is 0 Å². The average molecular weight is 376 g/mol. The molecule has 0 bridgehead atoms. The number of nitrogens with two attached hydrogens (primary N) is 1. The fraction of sp³-hybridized carbons (Fsp3) is 0.591. The largest absolute Gasteiger partial charge is 0.475 e. The van der Waals surface area contributed by atoms with Gasteiger partial charge in [0.15, 0.2) is 15.7 Å². The highest BCUT2D eigenvalue weighted by molar-refractivity contribution is 6.41. The second kappa shape index (κ2) is 6.32. The molecule has 0 saturated heterocycles. The molecule has 3 N–H and O–H groups in total. The molecule has 4 atom stereocenters. The summed E-state index contributed by atoms with van der Waals surface area (Å²) in [6, 6.07) is 6.82. The topological polar surface area (TPSA) is 67.8 Å². The number of rotatable bonds is 0. The minimum atomic E-state index is -0.547. The second-order valence-electron chi connectivity index (χ2n) is 9.81. The van der Waals surface area contributed by atoms with Crippen molar-refractivity contribution in [1.82, 2.24) is 0 Å². The van der Waals surface area contributed by atoms with Crippen molar-refractivity contribution in [2.24, 2.45) is 28.0 Å². The van der Waals surface area contributed by atoms with Crippen molar-refractivity contribution in [3.05, 3.63) is 34.9 Å². The summed E-state index contributed by atoms with van der Waals surface area (Å²) in [6.07, 6.45) is 3.33. The van der Waals surface area contributed by atoms with E-state index < -0.39 is 10.9 Å². The summed E-state index contributed by atoms with van der Waals surface area (Å²) >= 11 is 0. The van der Waals surface area contributed by atoms with Crippen LogP contribution in [-0.2, 0) is 16.7 Å². The van der Waals surface area contributed by atoms with Crippen molar-refractivity contribution in [3.63, 3.8) is 0 Å². The minimum absolute atomic E-state index is 0.0945. The lowest BCUT2D eigenvalue weighted by Crippen LogP contribution is -2.60. The predicted octanol–water partition coefficient (Wildman–Crippen LogP) is 0.878. The number of amidine groups is 1. The Labute approximate surface area is 170 Å². The quantitative estimate of drug-likeness (QED) is 0.522. The van der Waals surface area contributed by atoms with E-state index in [0.29, 0.717) is 5.92 Å². The molecule has 0 radical (unpaired) electrons. The Morgan fingerprint density at radius 2 is 2.11 bits per heavy atom. The second-order valence-corrected chi connectivity index (χ2v) is 9.81. The minimum Gasteiger partial charge on any atom is -0.475 e. The van der Waals surface area contributed by atoms with E-state index in [1.807, 2.05) is 0 Å². The fourth-order valence-electron chi connectivity index (χ4n) is 6.00. The molecule has 2 spiro atoms. The first-order valence-corrected chi connectivity index (χ1v) is 10.5. The summed E-state index contributed by atoms with van der Waals surface area (Å²) in [7, 11) is 4.21. The molecular weight excluding hydrogens is 346 g/mol. The smallest absolute Gasteiger partial charge is 0.282 e. The van der Waals surface area contributed by atoms with Gasteiger partial charge in [-0.15, -0.1) is 0 Å². The number of benzene rings is 1. The molecule has 1 saturated carbocycles. The van der Waals surface area contributed by atoms with Crippen molar-refractivity contribution in [2.45, 2.75) is 63.5 Å². The lowest BCUT2D eigenvalue weighted by atomic mass is 9.44. The van der Waals surface area contributed by atoms with E-state index in [-0.39, 0.29) is 23.5 Å². The third-order valence-electron chi connectivity index (χ3n) is 7.10. The molecular formula is C22H30B2N2O2. The summed E-state index contributed by atoms with van der Waals surface area (Å²) < 4.78 is 6.10. The zero-order chi connectivity index (χ0) is 20.3. The van der Waals surface area contributed by atoms with Gasteiger partial charge in [-0.2, -0.15) is 0 Å². The van der Waals surface area contributed by atoms with Crippen molar-refractivity contribution in [2.75, 3.05) is 0 Å². The van der Waals surface area contributed by atoms with Crippen LogP contribution in [-0.4, -0.2) is 38.3 Å². The first-order valence-electron chi connectivity index (χ1n) is 10.5. The van der Waals surface area contributed by atoms with E-state index in [9.17, 15) is 5.11 Å². The number of fused-ring (bicyclic) bond motifs is 3. The molecule has 0 aromatic heterocycles. The van der Waals surface area contributed by atoms with E-state index in [2.05, 4.69) is 66.5 Å². The zero-order valence-corrected chi connectivity index (χ0v) is 17.7. The number of hydrogen-bond acceptors (Lipinski definition) is 4. The van der Waals surface area contributed by atoms with Crippen molar-refractivity contribution >= 4 is 21.7 Å². The molecule has 0 unspecified atom stereocenters. The molecule has 1 aliphatic heterocycles. The Morgan fingerprint density at radius 1 is 1.36 bits per heavy atom. The summed E-state index contributed by atoms with van der Waals surface area (Å²) in [5.41, 5.74) is 9.07. The van der Waals surface area contributed by atoms with Crippen LogP contribution in [0.15, 0.2) is 23.2 Å². The van der Waals surface area contributed by atoms with Crippen LogP contribution >= 0.6 is 0 Å². The third kappa shape index (κ3) is 2.63. The molecule has 2 aliphatic carbocycles. The van der Waals surface area contributed by atoms with Gasteiger partial charge in [-0.25, -0.2) is 4.99 Å². The van der Waals surface area contributed by atoms with Crippen LogP contribution < -0.4 is 5.73 Å². The van der Waals surface area contributed by atoms with Crippen LogP contribution in [0.1, 0.15) is 56.7 Å². The number of aliphatic hydroxyl groups is 1. The first kappa shape index (κ1) is 19.5. The molecule has 6 heteroatoms. The van der Waals surface area contributed by atoms with Gasteiger partial charge in [0.1, 0.15) is 5.54 Å². The van der Waals surface area contributed by atoms with Gasteiger partial charge in [0, 0.05) is 16.9 Å². The van der Waals surface area contributed by atoms with Crippen LogP contribution in [0.25, 0.3) is 0 Å². The molecule has 1 aromatic rings.